The summed E-state index contributed by atoms with van der Waals surface area (Å²) in [6.45, 7) is 1.84. The lowest BCUT2D eigenvalue weighted by atomic mass is 9.79. The molecule has 6 nitrogen and oxygen atoms in total. The van der Waals surface area contributed by atoms with Gasteiger partial charge in [-0.3, -0.25) is 9.59 Å². The highest BCUT2D eigenvalue weighted by atomic mass is 16.5. The summed E-state index contributed by atoms with van der Waals surface area (Å²) >= 11 is 0. The molecule has 1 rings (SSSR count). The van der Waals surface area contributed by atoms with Crippen LogP contribution < -0.4 is 5.32 Å². The second-order valence-electron chi connectivity index (χ2n) is 4.73. The van der Waals surface area contributed by atoms with Crippen LogP contribution in [0.3, 0.4) is 0 Å². The van der Waals surface area contributed by atoms with Gasteiger partial charge in [0.15, 0.2) is 0 Å². The number of rotatable bonds is 8. The van der Waals surface area contributed by atoms with E-state index in [-0.39, 0.29) is 5.91 Å². The standard InChI is InChI=1S/C13H23NO5/c1-18-8-9-19-7-6-14-12(15)10-4-2-3-5-11(10)13(16)17/h10-11H,2-9H2,1H3,(H,14,15)(H,16,17)/t10-,11+/m1/s1. The Hall–Kier alpha value is -1.14. The third-order valence-corrected chi connectivity index (χ3v) is 3.40. The summed E-state index contributed by atoms with van der Waals surface area (Å²) in [5.41, 5.74) is 0. The van der Waals surface area contributed by atoms with E-state index in [1.165, 1.54) is 0 Å². The first-order valence-corrected chi connectivity index (χ1v) is 6.74. The first-order chi connectivity index (χ1) is 9.16. The molecule has 1 saturated carbocycles. The number of aliphatic carboxylic acids is 1. The van der Waals surface area contributed by atoms with Crippen molar-refractivity contribution in [1.82, 2.24) is 5.32 Å². The molecular formula is C13H23NO5. The Morgan fingerprint density at radius 1 is 1.16 bits per heavy atom. The van der Waals surface area contributed by atoms with Gasteiger partial charge in [0.25, 0.3) is 0 Å². The number of nitrogens with one attached hydrogen (secondary N) is 1. The third kappa shape index (κ3) is 5.57. The summed E-state index contributed by atoms with van der Waals surface area (Å²) in [7, 11) is 1.60. The molecule has 6 heteroatoms. The molecule has 1 fully saturated rings. The molecule has 0 radical (unpaired) electrons. The topological polar surface area (TPSA) is 84.9 Å². The Kier molecular flexibility index (Phi) is 7.43. The number of carbonyl (C=O) groups is 2. The molecule has 0 aromatic rings. The minimum atomic E-state index is -0.865. The van der Waals surface area contributed by atoms with Gasteiger partial charge in [0.2, 0.25) is 5.91 Å². The van der Waals surface area contributed by atoms with Gasteiger partial charge in [-0.15, -0.1) is 0 Å². The molecule has 0 aromatic carbocycles. The summed E-state index contributed by atoms with van der Waals surface area (Å²) < 4.78 is 10.1. The van der Waals surface area contributed by atoms with E-state index in [9.17, 15) is 9.59 Å². The fourth-order valence-corrected chi connectivity index (χ4v) is 2.36. The number of ether oxygens (including phenoxy) is 2. The van der Waals surface area contributed by atoms with Crippen LogP contribution in [0, 0.1) is 11.8 Å². The number of hydrogen-bond donors (Lipinski definition) is 2. The fraction of sp³-hybridized carbons (Fsp3) is 0.846. The van der Waals surface area contributed by atoms with Crippen molar-refractivity contribution in [1.29, 1.82) is 0 Å². The maximum absolute atomic E-state index is 11.9. The molecule has 0 aliphatic heterocycles. The summed E-state index contributed by atoms with van der Waals surface area (Å²) in [5, 5.41) is 11.9. The van der Waals surface area contributed by atoms with E-state index < -0.39 is 17.8 Å². The first-order valence-electron chi connectivity index (χ1n) is 6.74. The predicted molar refractivity (Wildman–Crippen MR) is 68.8 cm³/mol. The molecule has 1 amide bonds. The summed E-state index contributed by atoms with van der Waals surface area (Å²) in [5.74, 6) is -1.97. The van der Waals surface area contributed by atoms with Crippen LogP contribution in [0.1, 0.15) is 25.7 Å². The molecule has 1 aliphatic carbocycles. The van der Waals surface area contributed by atoms with Gasteiger partial charge < -0.3 is 19.9 Å². The Labute approximate surface area is 113 Å². The number of carboxylic acids is 1. The molecule has 0 bridgehead atoms. The van der Waals surface area contributed by atoms with Crippen LogP contribution in [-0.2, 0) is 19.1 Å². The van der Waals surface area contributed by atoms with Crippen molar-refractivity contribution < 1.29 is 24.2 Å². The van der Waals surface area contributed by atoms with Gasteiger partial charge in [-0.05, 0) is 12.8 Å². The Bertz CT molecular complexity index is 295. The van der Waals surface area contributed by atoms with Gasteiger partial charge in [-0.25, -0.2) is 0 Å². The Balaban J connectivity index is 2.25. The molecule has 0 heterocycles. The number of amides is 1. The molecule has 19 heavy (non-hydrogen) atoms. The zero-order valence-corrected chi connectivity index (χ0v) is 11.4. The Morgan fingerprint density at radius 3 is 2.47 bits per heavy atom. The van der Waals surface area contributed by atoms with Crippen LogP contribution in [0.2, 0.25) is 0 Å². The van der Waals surface area contributed by atoms with Crippen molar-refractivity contribution in [2.24, 2.45) is 11.8 Å². The maximum Gasteiger partial charge on any atom is 0.307 e. The molecule has 0 saturated heterocycles. The van der Waals surface area contributed by atoms with Crippen molar-refractivity contribution in [3.8, 4) is 0 Å². The molecule has 0 unspecified atom stereocenters. The number of hydrogen-bond acceptors (Lipinski definition) is 4. The second-order valence-corrected chi connectivity index (χ2v) is 4.73. The zero-order valence-electron chi connectivity index (χ0n) is 11.4. The SMILES string of the molecule is COCCOCCNC(=O)[C@@H]1CCCC[C@@H]1C(=O)O. The normalized spacial score (nSPS) is 23.0. The van der Waals surface area contributed by atoms with E-state index in [0.717, 1.165) is 12.8 Å². The van der Waals surface area contributed by atoms with Gasteiger partial charge in [0.05, 0.1) is 31.7 Å². The van der Waals surface area contributed by atoms with Crippen molar-refractivity contribution in [3.05, 3.63) is 0 Å². The second kappa shape index (κ2) is 8.87. The lowest BCUT2D eigenvalue weighted by molar-refractivity contribution is -0.148. The molecular weight excluding hydrogens is 250 g/mol. The van der Waals surface area contributed by atoms with Crippen LogP contribution in [0.15, 0.2) is 0 Å². The number of carboxylic acid groups (broad SMARTS) is 1. The maximum atomic E-state index is 11.9. The average molecular weight is 273 g/mol. The van der Waals surface area contributed by atoms with Gasteiger partial charge in [0.1, 0.15) is 0 Å². The summed E-state index contributed by atoms with van der Waals surface area (Å²) in [6.07, 6.45) is 3.07. The van der Waals surface area contributed by atoms with E-state index in [0.29, 0.717) is 39.2 Å². The summed E-state index contributed by atoms with van der Waals surface area (Å²) in [6, 6.07) is 0. The predicted octanol–water partition coefficient (Wildman–Crippen LogP) is 0.657. The van der Waals surface area contributed by atoms with Crippen molar-refractivity contribution in [2.75, 3.05) is 33.5 Å². The minimum absolute atomic E-state index is 0.164. The summed E-state index contributed by atoms with van der Waals surface area (Å²) in [4.78, 5) is 23.0. The molecule has 110 valence electrons. The Morgan fingerprint density at radius 2 is 1.84 bits per heavy atom. The molecule has 0 spiro atoms. The average Bonchev–Trinajstić information content (AvgIpc) is 2.42. The third-order valence-electron chi connectivity index (χ3n) is 3.40. The van der Waals surface area contributed by atoms with Gasteiger partial charge in [-0.1, -0.05) is 12.8 Å². The molecule has 2 N–H and O–H groups in total. The van der Waals surface area contributed by atoms with Crippen LogP contribution in [-0.4, -0.2) is 50.5 Å². The van der Waals surface area contributed by atoms with Crippen LogP contribution in [0.25, 0.3) is 0 Å². The quantitative estimate of drug-likeness (QED) is 0.634. The minimum Gasteiger partial charge on any atom is -0.481 e. The highest BCUT2D eigenvalue weighted by Gasteiger charge is 2.35. The van der Waals surface area contributed by atoms with Crippen molar-refractivity contribution >= 4 is 11.9 Å². The van der Waals surface area contributed by atoms with Crippen LogP contribution in [0.5, 0.6) is 0 Å². The van der Waals surface area contributed by atoms with E-state index in [4.69, 9.17) is 14.6 Å². The lowest BCUT2D eigenvalue weighted by Gasteiger charge is -2.27. The van der Waals surface area contributed by atoms with Crippen LogP contribution >= 0.6 is 0 Å². The fourth-order valence-electron chi connectivity index (χ4n) is 2.36. The smallest absolute Gasteiger partial charge is 0.307 e. The van der Waals surface area contributed by atoms with Crippen LogP contribution in [0.4, 0.5) is 0 Å². The monoisotopic (exact) mass is 273 g/mol. The van der Waals surface area contributed by atoms with Gasteiger partial charge in [0, 0.05) is 13.7 Å². The first kappa shape index (κ1) is 15.9. The van der Waals surface area contributed by atoms with Gasteiger partial charge in [-0.2, -0.15) is 0 Å². The lowest BCUT2D eigenvalue weighted by Crippen LogP contribution is -2.40. The number of methoxy groups -OCH3 is 1. The molecule has 0 aromatic heterocycles. The number of carbonyl (C=O) groups excluding carboxylic acids is 1. The highest BCUT2D eigenvalue weighted by Crippen LogP contribution is 2.30. The molecule has 2 atom stereocenters. The molecule has 1 aliphatic rings. The van der Waals surface area contributed by atoms with Crippen molar-refractivity contribution in [3.63, 3.8) is 0 Å². The zero-order chi connectivity index (χ0) is 14.1. The van der Waals surface area contributed by atoms with E-state index in [1.807, 2.05) is 0 Å². The van der Waals surface area contributed by atoms with E-state index >= 15 is 0 Å². The van der Waals surface area contributed by atoms with Crippen molar-refractivity contribution in [2.45, 2.75) is 25.7 Å². The van der Waals surface area contributed by atoms with E-state index in [2.05, 4.69) is 5.32 Å². The van der Waals surface area contributed by atoms with Gasteiger partial charge >= 0.3 is 5.97 Å². The largest absolute Gasteiger partial charge is 0.481 e. The highest BCUT2D eigenvalue weighted by molar-refractivity contribution is 5.84. The van der Waals surface area contributed by atoms with E-state index in [1.54, 1.807) is 7.11 Å².